The Balaban J connectivity index is 1.96. The lowest BCUT2D eigenvalue weighted by molar-refractivity contribution is 0.571. The highest BCUT2D eigenvalue weighted by atomic mass is 35.5. The van der Waals surface area contributed by atoms with Crippen LogP contribution in [0.3, 0.4) is 0 Å². The molecule has 0 aliphatic heterocycles. The van der Waals surface area contributed by atoms with Crippen LogP contribution in [0.2, 0.25) is 5.02 Å². The van der Waals surface area contributed by atoms with Crippen LogP contribution in [0.1, 0.15) is 28.3 Å². The van der Waals surface area contributed by atoms with Crippen LogP contribution in [-0.4, -0.2) is 8.42 Å². The molecule has 1 atom stereocenters. The van der Waals surface area contributed by atoms with E-state index in [9.17, 15) is 8.42 Å². The maximum Gasteiger partial charge on any atom is 0.216 e. The lowest BCUT2D eigenvalue weighted by atomic mass is 9.96. The zero-order valence-electron chi connectivity index (χ0n) is 14.4. The highest BCUT2D eigenvalue weighted by Gasteiger charge is 2.23. The number of aryl methyl sites for hydroxylation is 1. The van der Waals surface area contributed by atoms with Crippen molar-refractivity contribution in [2.24, 2.45) is 0 Å². The second-order valence-corrected chi connectivity index (χ2v) is 8.33. The van der Waals surface area contributed by atoms with E-state index in [4.69, 9.17) is 11.6 Å². The van der Waals surface area contributed by atoms with Crippen LogP contribution >= 0.6 is 11.6 Å². The molecular weight excluding hydrogens is 366 g/mol. The van der Waals surface area contributed by atoms with Gasteiger partial charge in [-0.15, -0.1) is 0 Å². The first-order valence-corrected chi connectivity index (χ1v) is 10.3. The van der Waals surface area contributed by atoms with E-state index in [1.54, 1.807) is 24.3 Å². The molecule has 3 nitrogen and oxygen atoms in total. The van der Waals surface area contributed by atoms with Crippen LogP contribution in [0.5, 0.6) is 0 Å². The van der Waals surface area contributed by atoms with Crippen molar-refractivity contribution in [2.75, 3.05) is 0 Å². The largest absolute Gasteiger partial charge is 0.216 e. The van der Waals surface area contributed by atoms with Gasteiger partial charge in [-0.3, -0.25) is 0 Å². The Hall–Kier alpha value is -2.14. The lowest BCUT2D eigenvalue weighted by Crippen LogP contribution is -2.31. The molecule has 3 aromatic rings. The molecule has 0 fully saturated rings. The highest BCUT2D eigenvalue weighted by Crippen LogP contribution is 2.27. The molecule has 5 heteroatoms. The van der Waals surface area contributed by atoms with Crippen molar-refractivity contribution in [1.29, 1.82) is 0 Å². The Morgan fingerprint density at radius 1 is 0.885 bits per heavy atom. The van der Waals surface area contributed by atoms with Gasteiger partial charge in [-0.2, -0.15) is 0 Å². The van der Waals surface area contributed by atoms with Gasteiger partial charge in [0, 0.05) is 5.02 Å². The van der Waals surface area contributed by atoms with Gasteiger partial charge in [0.15, 0.2) is 0 Å². The minimum absolute atomic E-state index is 0.165. The number of hydrogen-bond acceptors (Lipinski definition) is 2. The topological polar surface area (TPSA) is 46.2 Å². The van der Waals surface area contributed by atoms with Crippen LogP contribution in [0.4, 0.5) is 0 Å². The smallest absolute Gasteiger partial charge is 0.212 e. The fourth-order valence-electron chi connectivity index (χ4n) is 2.91. The van der Waals surface area contributed by atoms with Crippen LogP contribution in [-0.2, 0) is 15.8 Å². The zero-order valence-corrected chi connectivity index (χ0v) is 16.0. The third kappa shape index (κ3) is 4.52. The molecule has 0 radical (unpaired) electrons. The molecule has 134 valence electrons. The van der Waals surface area contributed by atoms with Crippen LogP contribution in [0, 0.1) is 6.92 Å². The zero-order chi connectivity index (χ0) is 18.6. The van der Waals surface area contributed by atoms with Crippen LogP contribution in [0.15, 0.2) is 78.9 Å². The number of rotatable bonds is 6. The van der Waals surface area contributed by atoms with Gasteiger partial charge in [-0.1, -0.05) is 84.4 Å². The Morgan fingerprint density at radius 2 is 1.50 bits per heavy atom. The van der Waals surface area contributed by atoms with Crippen molar-refractivity contribution in [3.8, 4) is 0 Å². The molecule has 0 aromatic heterocycles. The summed E-state index contributed by atoms with van der Waals surface area (Å²) in [4.78, 5) is 0. The molecule has 0 aliphatic rings. The molecule has 0 amide bonds. The van der Waals surface area contributed by atoms with Gasteiger partial charge >= 0.3 is 0 Å². The molecule has 3 aromatic carbocycles. The summed E-state index contributed by atoms with van der Waals surface area (Å²) in [6.45, 7) is 1.98. The van der Waals surface area contributed by atoms with E-state index >= 15 is 0 Å². The summed E-state index contributed by atoms with van der Waals surface area (Å²) in [5, 5.41) is 0.449. The maximum atomic E-state index is 12.9. The van der Waals surface area contributed by atoms with Gasteiger partial charge in [0.25, 0.3) is 0 Å². The average Bonchev–Trinajstić information content (AvgIpc) is 2.63. The standard InChI is InChI=1S/C21H20ClNO2S/c1-16-9-5-7-13-19(16)21(17-10-3-2-4-11-17)23-26(24,25)15-18-12-6-8-14-20(18)22/h2-14,21,23H,15H2,1H3/t21-/m1/s1. The van der Waals surface area contributed by atoms with Crippen molar-refractivity contribution < 1.29 is 8.42 Å². The minimum Gasteiger partial charge on any atom is -0.212 e. The molecule has 26 heavy (non-hydrogen) atoms. The lowest BCUT2D eigenvalue weighted by Gasteiger charge is -2.22. The van der Waals surface area contributed by atoms with Gasteiger partial charge in [-0.25, -0.2) is 13.1 Å². The van der Waals surface area contributed by atoms with Gasteiger partial charge < -0.3 is 0 Å². The SMILES string of the molecule is Cc1ccccc1[C@H](NS(=O)(=O)Cc1ccccc1Cl)c1ccccc1. The molecule has 0 unspecified atom stereocenters. The first-order valence-electron chi connectivity index (χ1n) is 8.30. The van der Waals surface area contributed by atoms with E-state index in [1.807, 2.05) is 61.5 Å². The number of nitrogens with one attached hydrogen (secondary N) is 1. The Kier molecular flexibility index (Phi) is 5.77. The molecule has 1 N–H and O–H groups in total. The third-order valence-corrected chi connectivity index (χ3v) is 5.89. The molecule has 0 spiro atoms. The Labute approximate surface area is 159 Å². The average molecular weight is 386 g/mol. The first-order chi connectivity index (χ1) is 12.5. The number of sulfonamides is 1. The fourth-order valence-corrected chi connectivity index (χ4v) is 4.56. The van der Waals surface area contributed by atoms with E-state index < -0.39 is 16.1 Å². The number of benzene rings is 3. The van der Waals surface area contributed by atoms with E-state index in [0.29, 0.717) is 10.6 Å². The molecule has 0 saturated heterocycles. The monoisotopic (exact) mass is 385 g/mol. The predicted molar refractivity (Wildman–Crippen MR) is 107 cm³/mol. The maximum absolute atomic E-state index is 12.9. The summed E-state index contributed by atoms with van der Waals surface area (Å²) in [5.41, 5.74) is 3.44. The summed E-state index contributed by atoms with van der Waals surface area (Å²) in [6.07, 6.45) is 0. The van der Waals surface area contributed by atoms with Crippen molar-refractivity contribution in [3.05, 3.63) is 106 Å². The molecular formula is C21H20ClNO2S. The third-order valence-electron chi connectivity index (χ3n) is 4.23. The van der Waals surface area contributed by atoms with Crippen molar-refractivity contribution >= 4 is 21.6 Å². The van der Waals surface area contributed by atoms with Gasteiger partial charge in [0.1, 0.15) is 0 Å². The summed E-state index contributed by atoms with van der Waals surface area (Å²) in [6, 6.07) is 23.9. The fraction of sp³-hybridized carbons (Fsp3) is 0.143. The highest BCUT2D eigenvalue weighted by molar-refractivity contribution is 7.88. The van der Waals surface area contributed by atoms with Crippen molar-refractivity contribution in [1.82, 2.24) is 4.72 Å². The number of halogens is 1. The Morgan fingerprint density at radius 3 is 2.19 bits per heavy atom. The summed E-state index contributed by atoms with van der Waals surface area (Å²) >= 11 is 6.13. The van der Waals surface area contributed by atoms with Gasteiger partial charge in [0.05, 0.1) is 11.8 Å². The van der Waals surface area contributed by atoms with Gasteiger partial charge in [0.2, 0.25) is 10.0 Å². The predicted octanol–water partition coefficient (Wildman–Crippen LogP) is 4.86. The second kappa shape index (κ2) is 8.04. The Bertz CT molecular complexity index is 988. The van der Waals surface area contributed by atoms with E-state index in [1.165, 1.54) is 0 Å². The second-order valence-electron chi connectivity index (χ2n) is 6.17. The summed E-state index contributed by atoms with van der Waals surface area (Å²) < 4.78 is 28.6. The van der Waals surface area contributed by atoms with Crippen LogP contribution in [0.25, 0.3) is 0 Å². The normalized spacial score (nSPS) is 12.7. The van der Waals surface area contributed by atoms with E-state index in [0.717, 1.165) is 16.7 Å². The minimum atomic E-state index is -3.60. The summed E-state index contributed by atoms with van der Waals surface area (Å²) in [5.74, 6) is -0.165. The van der Waals surface area contributed by atoms with Crippen molar-refractivity contribution in [3.63, 3.8) is 0 Å². The quantitative estimate of drug-likeness (QED) is 0.658. The molecule has 0 heterocycles. The summed E-state index contributed by atoms with van der Waals surface area (Å²) in [7, 11) is -3.60. The molecule has 0 aliphatic carbocycles. The van der Waals surface area contributed by atoms with Gasteiger partial charge in [-0.05, 0) is 35.2 Å². The van der Waals surface area contributed by atoms with Crippen molar-refractivity contribution in [2.45, 2.75) is 18.7 Å². The van der Waals surface area contributed by atoms with E-state index in [2.05, 4.69) is 4.72 Å². The molecule has 0 bridgehead atoms. The molecule has 3 rings (SSSR count). The molecule has 0 saturated carbocycles. The van der Waals surface area contributed by atoms with E-state index in [-0.39, 0.29) is 5.75 Å². The van der Waals surface area contributed by atoms with Crippen LogP contribution < -0.4 is 4.72 Å². The number of hydrogen-bond donors (Lipinski definition) is 1. The first kappa shape index (κ1) is 18.6.